The normalized spacial score (nSPS) is 16.5. The lowest BCUT2D eigenvalue weighted by Crippen LogP contribution is -2.00. The van der Waals surface area contributed by atoms with Gasteiger partial charge in [0.1, 0.15) is 0 Å². The highest BCUT2D eigenvalue weighted by molar-refractivity contribution is 6.33. The molecule has 2 nitrogen and oxygen atoms in total. The summed E-state index contributed by atoms with van der Waals surface area (Å²) in [5, 5.41) is 4.02. The molecule has 0 aromatic carbocycles. The van der Waals surface area contributed by atoms with Crippen LogP contribution in [0, 0.1) is 0 Å². The fourth-order valence-electron chi connectivity index (χ4n) is 0.940. The molecule has 0 aliphatic heterocycles. The molecule has 1 heterocycles. The highest BCUT2D eigenvalue weighted by atomic mass is 35.5. The van der Waals surface area contributed by atoms with Crippen molar-refractivity contribution in [3.63, 3.8) is 0 Å². The summed E-state index contributed by atoms with van der Waals surface area (Å²) >= 11 is 5.87. The largest absolute Gasteiger partial charge is 0.381 e. The van der Waals surface area contributed by atoms with Crippen LogP contribution < -0.4 is 5.32 Å². The van der Waals surface area contributed by atoms with Gasteiger partial charge in [-0.15, -0.1) is 0 Å². The Morgan fingerprint density at radius 2 is 2.36 bits per heavy atom. The van der Waals surface area contributed by atoms with Crippen LogP contribution >= 0.6 is 11.6 Å². The number of nitrogens with one attached hydrogen (secondary N) is 1. The molecule has 0 atom stereocenters. The highest BCUT2D eigenvalue weighted by Crippen LogP contribution is 2.28. The van der Waals surface area contributed by atoms with Crippen molar-refractivity contribution >= 4 is 17.3 Å². The number of hydrogen-bond donors (Lipinski definition) is 1. The van der Waals surface area contributed by atoms with Crippen molar-refractivity contribution in [2.75, 3.05) is 5.32 Å². The number of pyridine rings is 1. The molecule has 1 fully saturated rings. The molecule has 0 saturated heterocycles. The van der Waals surface area contributed by atoms with Crippen molar-refractivity contribution in [3.8, 4) is 0 Å². The second-order valence-electron chi connectivity index (χ2n) is 2.77. The zero-order chi connectivity index (χ0) is 7.68. The molecular weight excluding hydrogens is 160 g/mol. The second kappa shape index (κ2) is 2.70. The molecule has 1 saturated carbocycles. The molecule has 1 aromatic heterocycles. The van der Waals surface area contributed by atoms with Gasteiger partial charge in [-0.05, 0) is 18.9 Å². The minimum Gasteiger partial charge on any atom is -0.381 e. The summed E-state index contributed by atoms with van der Waals surface area (Å²) < 4.78 is 0. The summed E-state index contributed by atoms with van der Waals surface area (Å²) in [6.45, 7) is 0. The van der Waals surface area contributed by atoms with Gasteiger partial charge >= 0.3 is 0 Å². The Labute approximate surface area is 70.6 Å². The van der Waals surface area contributed by atoms with Gasteiger partial charge in [0.25, 0.3) is 0 Å². The van der Waals surface area contributed by atoms with E-state index in [0.717, 1.165) is 5.69 Å². The van der Waals surface area contributed by atoms with Crippen molar-refractivity contribution in [3.05, 3.63) is 23.5 Å². The molecule has 0 bridgehead atoms. The van der Waals surface area contributed by atoms with Gasteiger partial charge in [0.2, 0.25) is 0 Å². The third kappa shape index (κ3) is 1.63. The van der Waals surface area contributed by atoms with Crippen LogP contribution in [0.2, 0.25) is 5.02 Å². The van der Waals surface area contributed by atoms with E-state index in [-0.39, 0.29) is 0 Å². The van der Waals surface area contributed by atoms with Gasteiger partial charge in [-0.3, -0.25) is 4.98 Å². The van der Waals surface area contributed by atoms with Gasteiger partial charge in [-0.1, -0.05) is 11.6 Å². The van der Waals surface area contributed by atoms with E-state index >= 15 is 0 Å². The van der Waals surface area contributed by atoms with Crippen LogP contribution in [0.5, 0.6) is 0 Å². The zero-order valence-electron chi connectivity index (χ0n) is 6.05. The molecule has 0 amide bonds. The van der Waals surface area contributed by atoms with Crippen LogP contribution in [0.15, 0.2) is 18.5 Å². The molecule has 58 valence electrons. The zero-order valence-corrected chi connectivity index (χ0v) is 6.80. The first-order valence-corrected chi connectivity index (χ1v) is 4.10. The van der Waals surface area contributed by atoms with Crippen LogP contribution in [0.1, 0.15) is 12.8 Å². The Morgan fingerprint density at radius 3 is 3.00 bits per heavy atom. The first-order chi connectivity index (χ1) is 5.36. The van der Waals surface area contributed by atoms with E-state index in [2.05, 4.69) is 10.3 Å². The quantitative estimate of drug-likeness (QED) is 0.733. The van der Waals surface area contributed by atoms with E-state index in [9.17, 15) is 0 Å². The van der Waals surface area contributed by atoms with Crippen molar-refractivity contribution < 1.29 is 0 Å². The standard InChI is InChI=1S/C8H9ClN2/c9-7-5-10-4-3-8(7)11-6-1-2-6/h3-6H,1-2H2,(H,10,11). The first kappa shape index (κ1) is 6.92. The predicted octanol–water partition coefficient (Wildman–Crippen LogP) is 2.31. The molecule has 1 N–H and O–H groups in total. The van der Waals surface area contributed by atoms with Gasteiger partial charge in [-0.2, -0.15) is 0 Å². The SMILES string of the molecule is Clc1cnccc1NC1CC1. The minimum atomic E-state index is 0.648. The molecule has 0 spiro atoms. The number of nitrogens with zero attached hydrogens (tertiary/aromatic N) is 1. The maximum atomic E-state index is 5.87. The number of halogens is 1. The molecule has 11 heavy (non-hydrogen) atoms. The van der Waals surface area contributed by atoms with Crippen molar-refractivity contribution in [2.45, 2.75) is 18.9 Å². The molecule has 1 aromatic rings. The predicted molar refractivity (Wildman–Crippen MR) is 45.9 cm³/mol. The summed E-state index contributed by atoms with van der Waals surface area (Å²) in [6, 6.07) is 2.55. The topological polar surface area (TPSA) is 24.9 Å². The molecule has 2 rings (SSSR count). The maximum Gasteiger partial charge on any atom is 0.0820 e. The fraction of sp³-hybridized carbons (Fsp3) is 0.375. The van der Waals surface area contributed by atoms with Crippen LogP contribution in [0.25, 0.3) is 0 Å². The molecule has 0 unspecified atom stereocenters. The summed E-state index contributed by atoms with van der Waals surface area (Å²) in [5.41, 5.74) is 1.00. The Hall–Kier alpha value is -0.760. The molecular formula is C8H9ClN2. The van der Waals surface area contributed by atoms with Gasteiger partial charge in [0.05, 0.1) is 10.7 Å². The number of hydrogen-bond acceptors (Lipinski definition) is 2. The Kier molecular flexibility index (Phi) is 1.70. The molecule has 0 radical (unpaired) electrons. The number of aromatic nitrogens is 1. The van der Waals surface area contributed by atoms with Gasteiger partial charge in [-0.25, -0.2) is 0 Å². The Morgan fingerprint density at radius 1 is 1.55 bits per heavy atom. The highest BCUT2D eigenvalue weighted by Gasteiger charge is 2.21. The van der Waals surface area contributed by atoms with Crippen molar-refractivity contribution in [1.82, 2.24) is 4.98 Å². The number of rotatable bonds is 2. The Bertz CT molecular complexity index is 258. The molecule has 3 heteroatoms. The second-order valence-corrected chi connectivity index (χ2v) is 3.18. The smallest absolute Gasteiger partial charge is 0.0820 e. The lowest BCUT2D eigenvalue weighted by molar-refractivity contribution is 1.15. The summed E-state index contributed by atoms with van der Waals surface area (Å²) in [7, 11) is 0. The first-order valence-electron chi connectivity index (χ1n) is 3.72. The monoisotopic (exact) mass is 168 g/mol. The third-order valence-electron chi connectivity index (χ3n) is 1.71. The van der Waals surface area contributed by atoms with E-state index in [0.29, 0.717) is 11.1 Å². The van der Waals surface area contributed by atoms with Crippen LogP contribution in [-0.4, -0.2) is 11.0 Å². The molecule has 1 aliphatic rings. The summed E-state index contributed by atoms with van der Waals surface area (Å²) in [4.78, 5) is 3.90. The van der Waals surface area contributed by atoms with Crippen LogP contribution in [0.3, 0.4) is 0 Å². The lowest BCUT2D eigenvalue weighted by Gasteiger charge is -2.04. The van der Waals surface area contributed by atoms with E-state index in [4.69, 9.17) is 11.6 Å². The van der Waals surface area contributed by atoms with Crippen molar-refractivity contribution in [2.24, 2.45) is 0 Å². The fourth-order valence-corrected chi connectivity index (χ4v) is 1.11. The Balaban J connectivity index is 2.15. The number of anilines is 1. The average Bonchev–Trinajstić information content (AvgIpc) is 2.78. The van der Waals surface area contributed by atoms with Gasteiger partial charge in [0.15, 0.2) is 0 Å². The van der Waals surface area contributed by atoms with E-state index < -0.39 is 0 Å². The molecule has 1 aliphatic carbocycles. The summed E-state index contributed by atoms with van der Waals surface area (Å²) in [6.07, 6.45) is 5.93. The lowest BCUT2D eigenvalue weighted by atomic mass is 10.4. The average molecular weight is 169 g/mol. The van der Waals surface area contributed by atoms with Crippen LogP contribution in [-0.2, 0) is 0 Å². The van der Waals surface area contributed by atoms with Crippen LogP contribution in [0.4, 0.5) is 5.69 Å². The van der Waals surface area contributed by atoms with Gasteiger partial charge < -0.3 is 5.32 Å². The van der Waals surface area contributed by atoms with Gasteiger partial charge in [0, 0.05) is 18.4 Å². The summed E-state index contributed by atoms with van der Waals surface area (Å²) in [5.74, 6) is 0. The van der Waals surface area contributed by atoms with E-state index in [1.807, 2.05) is 6.07 Å². The van der Waals surface area contributed by atoms with E-state index in [1.54, 1.807) is 12.4 Å². The third-order valence-corrected chi connectivity index (χ3v) is 2.01. The maximum absolute atomic E-state index is 5.87. The van der Waals surface area contributed by atoms with Crippen molar-refractivity contribution in [1.29, 1.82) is 0 Å². The minimum absolute atomic E-state index is 0.648. The van der Waals surface area contributed by atoms with E-state index in [1.165, 1.54) is 12.8 Å².